The molecule has 1 saturated heterocycles. The van der Waals surface area contributed by atoms with Crippen molar-refractivity contribution < 1.29 is 14.3 Å². The second-order valence-electron chi connectivity index (χ2n) is 6.33. The molecule has 4 nitrogen and oxygen atoms in total. The van der Waals surface area contributed by atoms with Gasteiger partial charge in [-0.1, -0.05) is 20.8 Å². The minimum Gasteiger partial charge on any atom is -0.370 e. The van der Waals surface area contributed by atoms with Crippen LogP contribution in [0.5, 0.6) is 0 Å². The third-order valence-corrected chi connectivity index (χ3v) is 3.00. The van der Waals surface area contributed by atoms with E-state index in [-0.39, 0.29) is 29.8 Å². The highest BCUT2D eigenvalue weighted by atomic mass is 16.5. The van der Waals surface area contributed by atoms with Gasteiger partial charge in [0, 0.05) is 19.5 Å². The number of rotatable bonds is 4. The van der Waals surface area contributed by atoms with E-state index in [1.165, 1.54) is 6.92 Å². The Morgan fingerprint density at radius 3 is 2.22 bits per heavy atom. The monoisotopic (exact) mass is 255 g/mol. The molecular formula is C14H25NO3. The molecule has 1 aliphatic rings. The number of nitrogens with zero attached hydrogens (tertiary/aromatic N) is 1. The van der Waals surface area contributed by atoms with Gasteiger partial charge in [0.15, 0.2) is 5.78 Å². The maximum atomic E-state index is 12.0. The minimum atomic E-state index is 0.0407. The molecule has 0 unspecified atom stereocenters. The summed E-state index contributed by atoms with van der Waals surface area (Å²) in [6.45, 7) is 9.45. The molecule has 0 spiro atoms. The van der Waals surface area contributed by atoms with Gasteiger partial charge in [-0.3, -0.25) is 9.59 Å². The van der Waals surface area contributed by atoms with Gasteiger partial charge in [-0.2, -0.15) is 0 Å². The van der Waals surface area contributed by atoms with E-state index in [0.717, 1.165) is 25.9 Å². The first-order valence-electron chi connectivity index (χ1n) is 6.67. The van der Waals surface area contributed by atoms with E-state index in [1.54, 1.807) is 0 Å². The number of amides is 1. The number of hydrogen-bond donors (Lipinski definition) is 0. The second kappa shape index (κ2) is 6.32. The van der Waals surface area contributed by atoms with Crippen LogP contribution in [0.15, 0.2) is 0 Å². The van der Waals surface area contributed by atoms with Crippen molar-refractivity contribution in [2.45, 2.75) is 53.1 Å². The van der Waals surface area contributed by atoms with Gasteiger partial charge in [0.05, 0.1) is 6.10 Å². The van der Waals surface area contributed by atoms with E-state index in [9.17, 15) is 9.59 Å². The van der Waals surface area contributed by atoms with Crippen molar-refractivity contribution in [1.29, 1.82) is 0 Å². The topological polar surface area (TPSA) is 46.6 Å². The summed E-state index contributed by atoms with van der Waals surface area (Å²) < 4.78 is 5.49. The number of piperidine rings is 1. The molecule has 0 aromatic rings. The molecule has 0 saturated carbocycles. The van der Waals surface area contributed by atoms with Gasteiger partial charge in [-0.25, -0.2) is 0 Å². The molecule has 0 radical (unpaired) electrons. The van der Waals surface area contributed by atoms with Crippen molar-refractivity contribution in [3.8, 4) is 0 Å². The highest BCUT2D eigenvalue weighted by Crippen LogP contribution is 2.22. The first-order valence-corrected chi connectivity index (χ1v) is 6.67. The van der Waals surface area contributed by atoms with Crippen LogP contribution in [0.1, 0.15) is 47.0 Å². The van der Waals surface area contributed by atoms with Gasteiger partial charge >= 0.3 is 0 Å². The molecule has 0 aromatic heterocycles. The van der Waals surface area contributed by atoms with Gasteiger partial charge < -0.3 is 9.64 Å². The van der Waals surface area contributed by atoms with E-state index in [2.05, 4.69) is 20.8 Å². The Balaban J connectivity index is 2.30. The first-order chi connectivity index (χ1) is 8.28. The predicted octanol–water partition coefficient (Wildman–Crippen LogP) is 2.02. The Morgan fingerprint density at radius 2 is 1.78 bits per heavy atom. The number of carbonyl (C=O) groups is 2. The lowest BCUT2D eigenvalue weighted by molar-refractivity contribution is -0.137. The largest absolute Gasteiger partial charge is 0.370 e. The number of ketones is 1. The maximum Gasteiger partial charge on any atom is 0.223 e. The lowest BCUT2D eigenvalue weighted by atomic mass is 9.91. The summed E-state index contributed by atoms with van der Waals surface area (Å²) in [5.41, 5.74) is 0.0407. The lowest BCUT2D eigenvalue weighted by Crippen LogP contribution is -2.42. The smallest absolute Gasteiger partial charge is 0.223 e. The number of likely N-dealkylation sites (tertiary alicyclic amines) is 1. The zero-order valence-corrected chi connectivity index (χ0v) is 12.0. The fraction of sp³-hybridized carbons (Fsp3) is 0.857. The van der Waals surface area contributed by atoms with Gasteiger partial charge in [-0.15, -0.1) is 0 Å². The summed E-state index contributed by atoms with van der Waals surface area (Å²) >= 11 is 0. The Labute approximate surface area is 110 Å². The second-order valence-corrected chi connectivity index (χ2v) is 6.33. The summed E-state index contributed by atoms with van der Waals surface area (Å²) in [5, 5.41) is 0. The molecule has 0 atom stereocenters. The van der Waals surface area contributed by atoms with Gasteiger partial charge in [0.1, 0.15) is 6.61 Å². The van der Waals surface area contributed by atoms with Crippen molar-refractivity contribution in [1.82, 2.24) is 4.90 Å². The normalized spacial score (nSPS) is 17.9. The lowest BCUT2D eigenvalue weighted by Gasteiger charge is -2.33. The van der Waals surface area contributed by atoms with Crippen molar-refractivity contribution in [2.75, 3.05) is 19.7 Å². The van der Waals surface area contributed by atoms with Crippen LogP contribution in [0.25, 0.3) is 0 Å². The Bertz CT molecular complexity index is 299. The minimum absolute atomic E-state index is 0.0407. The predicted molar refractivity (Wildman–Crippen MR) is 70.3 cm³/mol. The van der Waals surface area contributed by atoms with Crippen molar-refractivity contribution >= 4 is 11.7 Å². The molecule has 1 aliphatic heterocycles. The standard InChI is InChI=1S/C14H25NO3/c1-11(16)10-18-12-5-7-15(8-6-12)13(17)9-14(2,3)4/h12H,5-10H2,1-4H3. The Kier molecular flexibility index (Phi) is 5.32. The molecule has 1 amide bonds. The first kappa shape index (κ1) is 15.2. The van der Waals surface area contributed by atoms with Crippen LogP contribution >= 0.6 is 0 Å². The van der Waals surface area contributed by atoms with Crippen LogP contribution in [0.3, 0.4) is 0 Å². The zero-order valence-electron chi connectivity index (χ0n) is 12.0. The average Bonchev–Trinajstić information content (AvgIpc) is 2.24. The molecular weight excluding hydrogens is 230 g/mol. The van der Waals surface area contributed by atoms with Crippen LogP contribution in [0.2, 0.25) is 0 Å². The van der Waals surface area contributed by atoms with Crippen molar-refractivity contribution in [2.24, 2.45) is 5.41 Å². The van der Waals surface area contributed by atoms with Crippen LogP contribution in [0.4, 0.5) is 0 Å². The van der Waals surface area contributed by atoms with Gasteiger partial charge in [0.2, 0.25) is 5.91 Å². The number of ether oxygens (including phenoxy) is 1. The molecule has 0 aromatic carbocycles. The summed E-state index contributed by atoms with van der Waals surface area (Å²) in [6, 6.07) is 0. The van der Waals surface area contributed by atoms with Gasteiger partial charge in [0.25, 0.3) is 0 Å². The Morgan fingerprint density at radius 1 is 1.22 bits per heavy atom. The molecule has 4 heteroatoms. The summed E-state index contributed by atoms with van der Waals surface area (Å²) in [4.78, 5) is 24.8. The highest BCUT2D eigenvalue weighted by molar-refractivity contribution is 5.77. The molecule has 1 fully saturated rings. The van der Waals surface area contributed by atoms with Crippen LogP contribution in [0, 0.1) is 5.41 Å². The summed E-state index contributed by atoms with van der Waals surface area (Å²) in [7, 11) is 0. The van der Waals surface area contributed by atoms with Crippen molar-refractivity contribution in [3.63, 3.8) is 0 Å². The summed E-state index contributed by atoms with van der Waals surface area (Å²) in [5.74, 6) is 0.286. The number of carbonyl (C=O) groups excluding carboxylic acids is 2. The molecule has 0 aliphatic carbocycles. The SMILES string of the molecule is CC(=O)COC1CCN(C(=O)CC(C)(C)C)CC1. The van der Waals surface area contributed by atoms with Crippen LogP contribution < -0.4 is 0 Å². The van der Waals surface area contributed by atoms with E-state index in [0.29, 0.717) is 6.42 Å². The molecule has 18 heavy (non-hydrogen) atoms. The number of hydrogen-bond acceptors (Lipinski definition) is 3. The fourth-order valence-electron chi connectivity index (χ4n) is 2.07. The van der Waals surface area contributed by atoms with Gasteiger partial charge in [-0.05, 0) is 25.2 Å². The Hall–Kier alpha value is -0.900. The average molecular weight is 255 g/mol. The van der Waals surface area contributed by atoms with Crippen LogP contribution in [-0.4, -0.2) is 42.4 Å². The zero-order chi connectivity index (χ0) is 13.8. The third kappa shape index (κ3) is 5.63. The molecule has 0 N–H and O–H groups in total. The quantitative estimate of drug-likeness (QED) is 0.772. The van der Waals surface area contributed by atoms with Crippen LogP contribution in [-0.2, 0) is 14.3 Å². The third-order valence-electron chi connectivity index (χ3n) is 3.00. The van der Waals surface area contributed by atoms with Crippen molar-refractivity contribution in [3.05, 3.63) is 0 Å². The molecule has 1 heterocycles. The van der Waals surface area contributed by atoms with E-state index in [1.807, 2.05) is 4.90 Å². The van der Waals surface area contributed by atoms with E-state index < -0.39 is 0 Å². The molecule has 1 rings (SSSR count). The molecule has 104 valence electrons. The maximum absolute atomic E-state index is 12.0. The number of Topliss-reactive ketones (excluding diaryl/α,β-unsaturated/α-hetero) is 1. The van der Waals surface area contributed by atoms with E-state index >= 15 is 0 Å². The van der Waals surface area contributed by atoms with E-state index in [4.69, 9.17) is 4.74 Å². The fourth-order valence-corrected chi connectivity index (χ4v) is 2.07. The summed E-state index contributed by atoms with van der Waals surface area (Å²) in [6.07, 6.45) is 2.39. The molecule has 0 bridgehead atoms. The highest BCUT2D eigenvalue weighted by Gasteiger charge is 2.26.